The number of hydrogen-bond donors (Lipinski definition) is 1. The van der Waals surface area contributed by atoms with Crippen LogP contribution in [0.3, 0.4) is 0 Å². The van der Waals surface area contributed by atoms with Crippen molar-refractivity contribution in [3.05, 3.63) is 11.6 Å². The molecule has 0 radical (unpaired) electrons. The average molecular weight is 137 g/mol. The standard InChI is InChI=1S/C9H15N/c10-9-3-1-2-8(6-9)7-4-5-7/h6-7,9H,1-5,10H2. The lowest BCUT2D eigenvalue weighted by Crippen LogP contribution is -2.20. The van der Waals surface area contributed by atoms with Gasteiger partial charge in [-0.1, -0.05) is 11.6 Å². The second kappa shape index (κ2) is 2.39. The largest absolute Gasteiger partial charge is 0.324 e. The van der Waals surface area contributed by atoms with E-state index in [9.17, 15) is 0 Å². The van der Waals surface area contributed by atoms with E-state index < -0.39 is 0 Å². The molecule has 0 aliphatic heterocycles. The summed E-state index contributed by atoms with van der Waals surface area (Å²) in [4.78, 5) is 0. The minimum absolute atomic E-state index is 0.379. The van der Waals surface area contributed by atoms with Gasteiger partial charge in [-0.2, -0.15) is 0 Å². The summed E-state index contributed by atoms with van der Waals surface area (Å²) >= 11 is 0. The molecule has 10 heavy (non-hydrogen) atoms. The van der Waals surface area contributed by atoms with Crippen molar-refractivity contribution in [2.45, 2.75) is 38.1 Å². The zero-order valence-corrected chi connectivity index (χ0v) is 6.34. The Morgan fingerprint density at radius 3 is 2.70 bits per heavy atom. The Morgan fingerprint density at radius 2 is 2.10 bits per heavy atom. The Kier molecular flexibility index (Phi) is 1.53. The first-order valence-corrected chi connectivity index (χ1v) is 4.32. The van der Waals surface area contributed by atoms with Crippen LogP contribution in [-0.4, -0.2) is 6.04 Å². The molecule has 1 nitrogen and oxygen atoms in total. The van der Waals surface area contributed by atoms with Crippen molar-refractivity contribution in [1.29, 1.82) is 0 Å². The first kappa shape index (κ1) is 6.41. The van der Waals surface area contributed by atoms with Gasteiger partial charge >= 0.3 is 0 Å². The van der Waals surface area contributed by atoms with Gasteiger partial charge in [0.15, 0.2) is 0 Å². The van der Waals surface area contributed by atoms with Gasteiger partial charge in [-0.3, -0.25) is 0 Å². The molecule has 1 fully saturated rings. The van der Waals surface area contributed by atoms with E-state index in [4.69, 9.17) is 5.73 Å². The zero-order chi connectivity index (χ0) is 6.97. The number of rotatable bonds is 1. The van der Waals surface area contributed by atoms with Gasteiger partial charge in [0.2, 0.25) is 0 Å². The predicted octanol–water partition coefficient (Wildman–Crippen LogP) is 1.83. The van der Waals surface area contributed by atoms with Gasteiger partial charge in [-0.15, -0.1) is 0 Å². The lowest BCUT2D eigenvalue weighted by molar-refractivity contribution is 0.605. The van der Waals surface area contributed by atoms with E-state index in [1.165, 1.54) is 32.1 Å². The molecule has 1 saturated carbocycles. The molecule has 0 amide bonds. The topological polar surface area (TPSA) is 26.0 Å². The Hall–Kier alpha value is -0.300. The number of hydrogen-bond acceptors (Lipinski definition) is 1. The van der Waals surface area contributed by atoms with Crippen LogP contribution >= 0.6 is 0 Å². The van der Waals surface area contributed by atoms with E-state index in [2.05, 4.69) is 6.08 Å². The van der Waals surface area contributed by atoms with Gasteiger partial charge < -0.3 is 5.73 Å². The van der Waals surface area contributed by atoms with E-state index in [-0.39, 0.29) is 0 Å². The molecule has 56 valence electrons. The maximum Gasteiger partial charge on any atom is 0.0226 e. The SMILES string of the molecule is NC1C=C(C2CC2)CCC1. The second-order valence-corrected chi connectivity index (χ2v) is 3.57. The van der Waals surface area contributed by atoms with Gasteiger partial charge in [-0.05, 0) is 38.0 Å². The van der Waals surface area contributed by atoms with Gasteiger partial charge in [0.25, 0.3) is 0 Å². The van der Waals surface area contributed by atoms with Crippen molar-refractivity contribution in [2.24, 2.45) is 11.7 Å². The van der Waals surface area contributed by atoms with E-state index in [1.54, 1.807) is 5.57 Å². The molecule has 0 bridgehead atoms. The minimum Gasteiger partial charge on any atom is -0.324 e. The summed E-state index contributed by atoms with van der Waals surface area (Å²) in [5.74, 6) is 0.950. The molecule has 0 saturated heterocycles. The Bertz CT molecular complexity index is 156. The first-order chi connectivity index (χ1) is 4.86. The smallest absolute Gasteiger partial charge is 0.0226 e. The Labute approximate surface area is 62.3 Å². The average Bonchev–Trinajstić information content (AvgIpc) is 2.68. The molecule has 1 atom stereocenters. The fourth-order valence-corrected chi connectivity index (χ4v) is 1.78. The third kappa shape index (κ3) is 1.24. The maximum atomic E-state index is 5.81. The molecule has 0 aromatic carbocycles. The van der Waals surface area contributed by atoms with Crippen molar-refractivity contribution in [3.63, 3.8) is 0 Å². The van der Waals surface area contributed by atoms with Crippen LogP contribution in [-0.2, 0) is 0 Å². The summed E-state index contributed by atoms with van der Waals surface area (Å²) in [5.41, 5.74) is 7.48. The third-order valence-corrected chi connectivity index (χ3v) is 2.53. The number of nitrogens with two attached hydrogens (primary N) is 1. The summed E-state index contributed by atoms with van der Waals surface area (Å²) < 4.78 is 0. The third-order valence-electron chi connectivity index (χ3n) is 2.53. The molecule has 2 aliphatic rings. The lowest BCUT2D eigenvalue weighted by Gasteiger charge is -2.16. The van der Waals surface area contributed by atoms with Crippen LogP contribution in [0.5, 0.6) is 0 Å². The van der Waals surface area contributed by atoms with E-state index >= 15 is 0 Å². The monoisotopic (exact) mass is 137 g/mol. The minimum atomic E-state index is 0.379. The van der Waals surface area contributed by atoms with E-state index in [1.807, 2.05) is 0 Å². The van der Waals surface area contributed by atoms with Crippen molar-refractivity contribution >= 4 is 0 Å². The molecule has 0 aromatic heterocycles. The lowest BCUT2D eigenvalue weighted by atomic mass is 9.93. The maximum absolute atomic E-state index is 5.81. The molecule has 1 unspecified atom stereocenters. The molecule has 0 spiro atoms. The van der Waals surface area contributed by atoms with E-state index in [0.29, 0.717) is 6.04 Å². The van der Waals surface area contributed by atoms with Crippen molar-refractivity contribution in [1.82, 2.24) is 0 Å². The summed E-state index contributed by atoms with van der Waals surface area (Å²) in [7, 11) is 0. The highest BCUT2D eigenvalue weighted by molar-refractivity contribution is 5.17. The summed E-state index contributed by atoms with van der Waals surface area (Å²) in [6.45, 7) is 0. The van der Waals surface area contributed by atoms with Crippen molar-refractivity contribution in [2.75, 3.05) is 0 Å². The highest BCUT2D eigenvalue weighted by Gasteiger charge is 2.27. The quantitative estimate of drug-likeness (QED) is 0.548. The van der Waals surface area contributed by atoms with Gasteiger partial charge in [0, 0.05) is 6.04 Å². The molecule has 1 heteroatoms. The summed E-state index contributed by atoms with van der Waals surface area (Å²) in [5, 5.41) is 0. The normalized spacial score (nSPS) is 33.7. The van der Waals surface area contributed by atoms with Gasteiger partial charge in [0.05, 0.1) is 0 Å². The molecule has 2 N–H and O–H groups in total. The van der Waals surface area contributed by atoms with Crippen LogP contribution in [0.2, 0.25) is 0 Å². The molecular weight excluding hydrogens is 122 g/mol. The Balaban J connectivity index is 2.03. The Morgan fingerprint density at radius 1 is 1.30 bits per heavy atom. The van der Waals surface area contributed by atoms with Crippen LogP contribution in [0.1, 0.15) is 32.1 Å². The van der Waals surface area contributed by atoms with Crippen LogP contribution < -0.4 is 5.73 Å². The molecule has 2 aliphatic carbocycles. The highest BCUT2D eigenvalue weighted by atomic mass is 14.6. The summed E-state index contributed by atoms with van der Waals surface area (Å²) in [6.07, 6.45) is 9.02. The van der Waals surface area contributed by atoms with E-state index in [0.717, 1.165) is 5.92 Å². The van der Waals surface area contributed by atoms with Gasteiger partial charge in [-0.25, -0.2) is 0 Å². The second-order valence-electron chi connectivity index (χ2n) is 3.57. The van der Waals surface area contributed by atoms with Crippen LogP contribution in [0.25, 0.3) is 0 Å². The molecule has 2 rings (SSSR count). The van der Waals surface area contributed by atoms with Crippen LogP contribution in [0, 0.1) is 5.92 Å². The fraction of sp³-hybridized carbons (Fsp3) is 0.778. The van der Waals surface area contributed by atoms with Crippen LogP contribution in [0.4, 0.5) is 0 Å². The summed E-state index contributed by atoms with van der Waals surface area (Å²) in [6, 6.07) is 0.379. The zero-order valence-electron chi connectivity index (χ0n) is 6.34. The highest BCUT2D eigenvalue weighted by Crippen LogP contribution is 2.40. The molecular formula is C9H15N. The first-order valence-electron chi connectivity index (χ1n) is 4.32. The molecule has 0 aromatic rings. The fourth-order valence-electron chi connectivity index (χ4n) is 1.78. The number of allylic oxidation sites excluding steroid dienone is 1. The predicted molar refractivity (Wildman–Crippen MR) is 42.6 cm³/mol. The van der Waals surface area contributed by atoms with Crippen molar-refractivity contribution in [3.8, 4) is 0 Å². The molecule has 0 heterocycles. The van der Waals surface area contributed by atoms with Crippen molar-refractivity contribution < 1.29 is 0 Å². The van der Waals surface area contributed by atoms with Crippen LogP contribution in [0.15, 0.2) is 11.6 Å². The van der Waals surface area contributed by atoms with Gasteiger partial charge in [0.1, 0.15) is 0 Å².